The van der Waals surface area contributed by atoms with Crippen molar-refractivity contribution in [1.29, 1.82) is 0 Å². The van der Waals surface area contributed by atoms with Crippen LogP contribution >= 0.6 is 0 Å². The van der Waals surface area contributed by atoms with Gasteiger partial charge in [-0.05, 0) is 58.5 Å². The number of carbonyl (C=O) groups is 1. The molecule has 1 fully saturated rings. The van der Waals surface area contributed by atoms with E-state index in [-0.39, 0.29) is 5.78 Å². The zero-order valence-electron chi connectivity index (χ0n) is 18.2. The van der Waals surface area contributed by atoms with E-state index in [1.54, 1.807) is 0 Å². The van der Waals surface area contributed by atoms with Crippen molar-refractivity contribution in [2.45, 2.75) is 58.7 Å². The molecular formula is C25H31BO3. The molecule has 3 nitrogen and oxygen atoms in total. The molecule has 0 spiro atoms. The van der Waals surface area contributed by atoms with Gasteiger partial charge >= 0.3 is 7.12 Å². The maximum atomic E-state index is 13.6. The third-order valence-corrected chi connectivity index (χ3v) is 6.54. The Balaban J connectivity index is 1.92. The summed E-state index contributed by atoms with van der Waals surface area (Å²) in [5.74, 6) is 0.0498. The molecule has 3 rings (SSSR count). The van der Waals surface area contributed by atoms with Crippen molar-refractivity contribution in [3.05, 3.63) is 83.8 Å². The van der Waals surface area contributed by atoms with Crippen molar-refractivity contribution in [2.75, 3.05) is 0 Å². The fourth-order valence-electron chi connectivity index (χ4n) is 3.61. The summed E-state index contributed by atoms with van der Waals surface area (Å²) < 4.78 is 12.5. The number of hydrogen-bond donors (Lipinski definition) is 0. The van der Waals surface area contributed by atoms with Gasteiger partial charge in [0.15, 0.2) is 5.78 Å². The van der Waals surface area contributed by atoms with Crippen LogP contribution in [0.15, 0.2) is 72.7 Å². The zero-order chi connectivity index (χ0) is 21.3. The average molecular weight is 390 g/mol. The smallest absolute Gasteiger partial charge is 0.400 e. The van der Waals surface area contributed by atoms with Crippen LogP contribution in [0, 0.1) is 5.41 Å². The SMILES string of the molecule is C=C(B1OC(C)(C)C(C)(C)O1)C(C)(CCc1ccccc1)C(=O)c1ccccc1. The van der Waals surface area contributed by atoms with Gasteiger partial charge in [-0.1, -0.05) is 60.7 Å². The Kier molecular flexibility index (Phi) is 5.89. The van der Waals surface area contributed by atoms with E-state index in [2.05, 4.69) is 18.7 Å². The summed E-state index contributed by atoms with van der Waals surface area (Å²) in [5, 5.41) is 0. The van der Waals surface area contributed by atoms with Crippen LogP contribution in [0.1, 0.15) is 57.0 Å². The molecular weight excluding hydrogens is 359 g/mol. The molecule has 0 bridgehead atoms. The second-order valence-corrected chi connectivity index (χ2v) is 9.13. The number of allylic oxidation sites excluding steroid dienone is 1. The van der Waals surface area contributed by atoms with Gasteiger partial charge in [0.25, 0.3) is 0 Å². The molecule has 2 aromatic rings. The van der Waals surface area contributed by atoms with E-state index in [1.165, 1.54) is 5.56 Å². The minimum atomic E-state index is -0.807. The number of hydrogen-bond acceptors (Lipinski definition) is 3. The molecule has 4 heteroatoms. The van der Waals surface area contributed by atoms with Gasteiger partial charge in [0.05, 0.1) is 11.2 Å². The Morgan fingerprint density at radius 2 is 1.41 bits per heavy atom. The molecule has 1 unspecified atom stereocenters. The molecule has 0 aliphatic carbocycles. The van der Waals surface area contributed by atoms with Crippen molar-refractivity contribution in [1.82, 2.24) is 0 Å². The molecule has 0 aromatic heterocycles. The maximum absolute atomic E-state index is 13.6. The number of benzene rings is 2. The van der Waals surface area contributed by atoms with Crippen LogP contribution in [0.5, 0.6) is 0 Å². The highest BCUT2D eigenvalue weighted by Gasteiger charge is 2.55. The molecule has 1 heterocycles. The number of ketones is 1. The number of Topliss-reactive ketones (excluding diaryl/α,β-unsaturated/α-hetero) is 1. The summed E-state index contributed by atoms with van der Waals surface area (Å²) in [7, 11) is -0.617. The average Bonchev–Trinajstić information content (AvgIpc) is 2.93. The highest BCUT2D eigenvalue weighted by Crippen LogP contribution is 2.44. The van der Waals surface area contributed by atoms with Crippen LogP contribution in [0.2, 0.25) is 0 Å². The Hall–Kier alpha value is -2.17. The molecule has 29 heavy (non-hydrogen) atoms. The normalized spacial score (nSPS) is 19.6. The molecule has 0 amide bonds. The lowest BCUT2D eigenvalue weighted by molar-refractivity contribution is 0.00578. The first kappa shape index (κ1) is 21.5. The summed E-state index contributed by atoms with van der Waals surface area (Å²) in [6, 6.07) is 19.6. The van der Waals surface area contributed by atoms with Crippen LogP contribution in [0.3, 0.4) is 0 Å². The molecule has 2 aromatic carbocycles. The summed E-state index contributed by atoms with van der Waals surface area (Å²) in [4.78, 5) is 13.6. The first-order chi connectivity index (χ1) is 13.6. The molecule has 1 saturated heterocycles. The minimum absolute atomic E-state index is 0.0498. The van der Waals surface area contributed by atoms with Gasteiger partial charge in [0, 0.05) is 11.0 Å². The summed E-state index contributed by atoms with van der Waals surface area (Å²) in [6.07, 6.45) is 1.40. The standard InChI is InChI=1S/C25H31BO3/c1-19(26-28-23(2,3)24(4,5)29-26)25(6,18-17-20-13-9-7-10-14-20)22(27)21-15-11-8-12-16-21/h7-16H,1,17-18H2,2-6H3. The van der Waals surface area contributed by atoms with Gasteiger partial charge in [-0.3, -0.25) is 4.79 Å². The lowest BCUT2D eigenvalue weighted by Crippen LogP contribution is -2.41. The van der Waals surface area contributed by atoms with E-state index >= 15 is 0 Å². The predicted octanol–water partition coefficient (Wildman–Crippen LogP) is 5.70. The summed E-state index contributed by atoms with van der Waals surface area (Å²) in [6.45, 7) is 14.4. The topological polar surface area (TPSA) is 35.5 Å². The van der Waals surface area contributed by atoms with Crippen LogP contribution in [-0.4, -0.2) is 24.1 Å². The van der Waals surface area contributed by atoms with Gasteiger partial charge in [0.2, 0.25) is 0 Å². The fourth-order valence-corrected chi connectivity index (χ4v) is 3.61. The second-order valence-electron chi connectivity index (χ2n) is 9.13. The zero-order valence-corrected chi connectivity index (χ0v) is 18.2. The highest BCUT2D eigenvalue weighted by molar-refractivity contribution is 6.55. The molecule has 152 valence electrons. The van der Waals surface area contributed by atoms with Crippen LogP contribution < -0.4 is 0 Å². The van der Waals surface area contributed by atoms with E-state index in [4.69, 9.17) is 9.31 Å². The highest BCUT2D eigenvalue weighted by atomic mass is 16.7. The van der Waals surface area contributed by atoms with E-state index in [0.29, 0.717) is 17.5 Å². The van der Waals surface area contributed by atoms with Gasteiger partial charge < -0.3 is 9.31 Å². The minimum Gasteiger partial charge on any atom is -0.400 e. The Morgan fingerprint density at radius 3 is 1.93 bits per heavy atom. The van der Waals surface area contributed by atoms with Crippen LogP contribution in [0.4, 0.5) is 0 Å². The van der Waals surface area contributed by atoms with Gasteiger partial charge in [0.1, 0.15) is 0 Å². The Labute approximate surface area is 175 Å². The lowest BCUT2D eigenvalue weighted by atomic mass is 9.59. The predicted molar refractivity (Wildman–Crippen MR) is 119 cm³/mol. The second kappa shape index (κ2) is 7.93. The number of aryl methyl sites for hydroxylation is 1. The molecule has 1 atom stereocenters. The van der Waals surface area contributed by atoms with E-state index in [9.17, 15) is 4.79 Å². The van der Waals surface area contributed by atoms with E-state index in [1.807, 2.05) is 83.1 Å². The Morgan fingerprint density at radius 1 is 0.931 bits per heavy atom. The largest absolute Gasteiger partial charge is 0.490 e. The third kappa shape index (κ3) is 4.24. The molecule has 1 aliphatic heterocycles. The van der Waals surface area contributed by atoms with E-state index in [0.717, 1.165) is 6.42 Å². The van der Waals surface area contributed by atoms with Crippen LogP contribution in [0.25, 0.3) is 0 Å². The lowest BCUT2D eigenvalue weighted by Gasteiger charge is -2.32. The van der Waals surface area contributed by atoms with Crippen molar-refractivity contribution in [3.63, 3.8) is 0 Å². The fraction of sp³-hybridized carbons (Fsp3) is 0.400. The van der Waals surface area contributed by atoms with Gasteiger partial charge in [-0.25, -0.2) is 0 Å². The Bertz CT molecular complexity index is 857. The van der Waals surface area contributed by atoms with E-state index < -0.39 is 23.7 Å². The van der Waals surface area contributed by atoms with Crippen molar-refractivity contribution in [3.8, 4) is 0 Å². The first-order valence-corrected chi connectivity index (χ1v) is 10.3. The molecule has 0 radical (unpaired) electrons. The summed E-state index contributed by atoms with van der Waals surface area (Å²) >= 11 is 0. The van der Waals surface area contributed by atoms with Crippen molar-refractivity contribution >= 4 is 12.9 Å². The molecule has 0 saturated carbocycles. The first-order valence-electron chi connectivity index (χ1n) is 10.3. The maximum Gasteiger partial charge on any atom is 0.490 e. The number of carbonyl (C=O) groups excluding carboxylic acids is 1. The monoisotopic (exact) mass is 390 g/mol. The van der Waals surface area contributed by atoms with Gasteiger partial charge in [-0.2, -0.15) is 0 Å². The third-order valence-electron chi connectivity index (χ3n) is 6.54. The quantitative estimate of drug-likeness (QED) is 0.450. The van der Waals surface area contributed by atoms with Crippen LogP contribution in [-0.2, 0) is 15.7 Å². The molecule has 1 aliphatic rings. The summed E-state index contributed by atoms with van der Waals surface area (Å²) in [5.41, 5.74) is 0.800. The molecule has 0 N–H and O–H groups in total. The number of rotatable bonds is 7. The van der Waals surface area contributed by atoms with Crippen molar-refractivity contribution in [2.24, 2.45) is 5.41 Å². The van der Waals surface area contributed by atoms with Gasteiger partial charge in [-0.15, -0.1) is 6.58 Å². The van der Waals surface area contributed by atoms with Crippen molar-refractivity contribution < 1.29 is 14.1 Å².